The molecule has 0 aromatic heterocycles. The van der Waals surface area contributed by atoms with Gasteiger partial charge in [0.25, 0.3) is 0 Å². The normalized spacial score (nSPS) is 15.3. The highest BCUT2D eigenvalue weighted by Crippen LogP contribution is 2.15. The van der Waals surface area contributed by atoms with Gasteiger partial charge in [-0.25, -0.2) is 0 Å². The van der Waals surface area contributed by atoms with E-state index in [1.54, 1.807) is 0 Å². The second kappa shape index (κ2) is 4.97. The number of hydrogen-bond donors (Lipinski definition) is 2. The maximum absolute atomic E-state index is 9.78. The summed E-state index contributed by atoms with van der Waals surface area (Å²) >= 11 is 0. The van der Waals surface area contributed by atoms with Crippen LogP contribution in [0.2, 0.25) is 0 Å². The minimum Gasteiger partial charge on any atom is -0.387 e. The van der Waals surface area contributed by atoms with Crippen LogP contribution in [0.3, 0.4) is 0 Å². The van der Waals surface area contributed by atoms with Gasteiger partial charge in [0.1, 0.15) is 0 Å². The van der Waals surface area contributed by atoms with Crippen LogP contribution < -0.4 is 5.48 Å². The minimum atomic E-state index is -0.541. The highest BCUT2D eigenvalue weighted by atomic mass is 16.6. The molecule has 1 rings (SSSR count). The number of hydroxylamine groups is 1. The van der Waals surface area contributed by atoms with Crippen LogP contribution in [0.5, 0.6) is 0 Å². The molecule has 0 heterocycles. The summed E-state index contributed by atoms with van der Waals surface area (Å²) < 4.78 is 0. The number of hydrogen-bond acceptors (Lipinski definition) is 3. The molecular formula is C10H15NO2. The fraction of sp³-hybridized carbons (Fsp3) is 0.400. The standard InChI is InChI=1S/C10H15NO2/c1-8(11-13-2)10(12)9-6-4-3-5-7-9/h3-8,10-12H,1-2H3. The first-order chi connectivity index (χ1) is 6.25. The largest absolute Gasteiger partial charge is 0.387 e. The Labute approximate surface area is 78.3 Å². The molecular weight excluding hydrogens is 166 g/mol. The molecule has 3 heteroatoms. The molecule has 0 bridgehead atoms. The Balaban J connectivity index is 2.62. The Morgan fingerprint density at radius 2 is 1.92 bits per heavy atom. The van der Waals surface area contributed by atoms with Crippen molar-refractivity contribution < 1.29 is 9.94 Å². The smallest absolute Gasteiger partial charge is 0.0963 e. The van der Waals surface area contributed by atoms with Crippen molar-refractivity contribution in [2.45, 2.75) is 19.1 Å². The number of benzene rings is 1. The highest BCUT2D eigenvalue weighted by Gasteiger charge is 2.14. The van der Waals surface area contributed by atoms with Gasteiger partial charge in [-0.1, -0.05) is 30.3 Å². The Morgan fingerprint density at radius 3 is 2.46 bits per heavy atom. The van der Waals surface area contributed by atoms with Gasteiger partial charge in [0, 0.05) is 0 Å². The van der Waals surface area contributed by atoms with E-state index >= 15 is 0 Å². The molecule has 0 radical (unpaired) electrons. The van der Waals surface area contributed by atoms with Crippen LogP contribution in [-0.4, -0.2) is 18.3 Å². The Hall–Kier alpha value is -0.900. The minimum absolute atomic E-state index is 0.118. The molecule has 0 spiro atoms. The first-order valence-electron chi connectivity index (χ1n) is 4.27. The summed E-state index contributed by atoms with van der Waals surface area (Å²) in [5.74, 6) is 0. The van der Waals surface area contributed by atoms with Gasteiger partial charge < -0.3 is 9.94 Å². The summed E-state index contributed by atoms with van der Waals surface area (Å²) in [4.78, 5) is 4.74. The lowest BCUT2D eigenvalue weighted by atomic mass is 10.0. The predicted octanol–water partition coefficient (Wildman–Crippen LogP) is 1.26. The summed E-state index contributed by atoms with van der Waals surface area (Å²) in [5, 5.41) is 9.78. The zero-order chi connectivity index (χ0) is 9.68. The highest BCUT2D eigenvalue weighted by molar-refractivity contribution is 5.18. The quantitative estimate of drug-likeness (QED) is 0.687. The van der Waals surface area contributed by atoms with Crippen molar-refractivity contribution in [1.82, 2.24) is 5.48 Å². The fourth-order valence-electron chi connectivity index (χ4n) is 1.19. The summed E-state index contributed by atoms with van der Waals surface area (Å²) in [6.07, 6.45) is -0.541. The number of rotatable bonds is 4. The molecule has 0 amide bonds. The molecule has 72 valence electrons. The second-order valence-corrected chi connectivity index (χ2v) is 2.97. The molecule has 0 saturated heterocycles. The average Bonchev–Trinajstić information content (AvgIpc) is 2.18. The van der Waals surface area contributed by atoms with E-state index in [1.165, 1.54) is 7.11 Å². The summed E-state index contributed by atoms with van der Waals surface area (Å²) in [7, 11) is 1.54. The zero-order valence-corrected chi connectivity index (χ0v) is 7.90. The van der Waals surface area contributed by atoms with Gasteiger partial charge >= 0.3 is 0 Å². The van der Waals surface area contributed by atoms with Gasteiger partial charge in [-0.05, 0) is 12.5 Å². The first kappa shape index (κ1) is 10.2. The van der Waals surface area contributed by atoms with E-state index < -0.39 is 6.10 Å². The van der Waals surface area contributed by atoms with E-state index in [9.17, 15) is 5.11 Å². The molecule has 0 saturated carbocycles. The van der Waals surface area contributed by atoms with E-state index in [4.69, 9.17) is 4.84 Å². The maximum Gasteiger partial charge on any atom is 0.0963 e. The summed E-state index contributed by atoms with van der Waals surface area (Å²) in [5.41, 5.74) is 3.58. The number of nitrogens with one attached hydrogen (secondary N) is 1. The van der Waals surface area contributed by atoms with Crippen molar-refractivity contribution in [2.24, 2.45) is 0 Å². The Bertz CT molecular complexity index is 238. The van der Waals surface area contributed by atoms with Crippen LogP contribution in [0.1, 0.15) is 18.6 Å². The Morgan fingerprint density at radius 1 is 1.31 bits per heavy atom. The van der Waals surface area contributed by atoms with Crippen LogP contribution in [0.15, 0.2) is 30.3 Å². The molecule has 0 fully saturated rings. The van der Waals surface area contributed by atoms with Crippen molar-refractivity contribution in [3.05, 3.63) is 35.9 Å². The molecule has 13 heavy (non-hydrogen) atoms. The predicted molar refractivity (Wildman–Crippen MR) is 51.0 cm³/mol. The number of aliphatic hydroxyl groups excluding tert-OH is 1. The Kier molecular flexibility index (Phi) is 3.89. The lowest BCUT2D eigenvalue weighted by Crippen LogP contribution is -2.31. The van der Waals surface area contributed by atoms with Crippen molar-refractivity contribution in [1.29, 1.82) is 0 Å². The third kappa shape index (κ3) is 2.81. The van der Waals surface area contributed by atoms with Gasteiger partial charge in [0.15, 0.2) is 0 Å². The molecule has 0 aliphatic carbocycles. The molecule has 3 nitrogen and oxygen atoms in total. The van der Waals surface area contributed by atoms with E-state index in [0.29, 0.717) is 0 Å². The zero-order valence-electron chi connectivity index (χ0n) is 7.90. The third-order valence-corrected chi connectivity index (χ3v) is 1.92. The lowest BCUT2D eigenvalue weighted by molar-refractivity contribution is 0.0122. The van der Waals surface area contributed by atoms with Gasteiger partial charge in [0.05, 0.1) is 19.3 Å². The first-order valence-corrected chi connectivity index (χ1v) is 4.27. The van der Waals surface area contributed by atoms with E-state index in [1.807, 2.05) is 37.3 Å². The van der Waals surface area contributed by atoms with Gasteiger partial charge in [-0.2, -0.15) is 5.48 Å². The molecule has 2 unspecified atom stereocenters. The van der Waals surface area contributed by atoms with Crippen molar-refractivity contribution in [3.63, 3.8) is 0 Å². The lowest BCUT2D eigenvalue weighted by Gasteiger charge is -2.18. The summed E-state index contributed by atoms with van der Waals surface area (Å²) in [6.45, 7) is 1.86. The monoisotopic (exact) mass is 181 g/mol. The van der Waals surface area contributed by atoms with Crippen molar-refractivity contribution in [2.75, 3.05) is 7.11 Å². The molecule has 0 aliphatic heterocycles. The molecule has 2 N–H and O–H groups in total. The maximum atomic E-state index is 9.78. The van der Waals surface area contributed by atoms with Crippen molar-refractivity contribution >= 4 is 0 Å². The van der Waals surface area contributed by atoms with E-state index in [0.717, 1.165) is 5.56 Å². The van der Waals surface area contributed by atoms with Crippen LogP contribution >= 0.6 is 0 Å². The number of aliphatic hydroxyl groups is 1. The van der Waals surface area contributed by atoms with Crippen LogP contribution in [-0.2, 0) is 4.84 Å². The van der Waals surface area contributed by atoms with Gasteiger partial charge in [-0.3, -0.25) is 0 Å². The summed E-state index contributed by atoms with van der Waals surface area (Å²) in [6, 6.07) is 9.38. The fourth-order valence-corrected chi connectivity index (χ4v) is 1.19. The van der Waals surface area contributed by atoms with Gasteiger partial charge in [-0.15, -0.1) is 0 Å². The molecule has 1 aromatic carbocycles. The second-order valence-electron chi connectivity index (χ2n) is 2.97. The molecule has 2 atom stereocenters. The average molecular weight is 181 g/mol. The van der Waals surface area contributed by atoms with Crippen molar-refractivity contribution in [3.8, 4) is 0 Å². The molecule has 0 aliphatic rings. The van der Waals surface area contributed by atoms with Crippen LogP contribution in [0.4, 0.5) is 0 Å². The van der Waals surface area contributed by atoms with Crippen LogP contribution in [0.25, 0.3) is 0 Å². The van der Waals surface area contributed by atoms with E-state index in [2.05, 4.69) is 5.48 Å². The SMILES string of the molecule is CONC(C)C(O)c1ccccc1. The molecule has 1 aromatic rings. The van der Waals surface area contributed by atoms with Crippen LogP contribution in [0, 0.1) is 0 Å². The van der Waals surface area contributed by atoms with E-state index in [-0.39, 0.29) is 6.04 Å². The topological polar surface area (TPSA) is 41.5 Å². The third-order valence-electron chi connectivity index (χ3n) is 1.92. The van der Waals surface area contributed by atoms with Gasteiger partial charge in [0.2, 0.25) is 0 Å².